The lowest BCUT2D eigenvalue weighted by atomic mass is 9.85. The van der Waals surface area contributed by atoms with Crippen LogP contribution in [-0.4, -0.2) is 18.0 Å². The van der Waals surface area contributed by atoms with Crippen LogP contribution in [0, 0.1) is 5.41 Å². The molecule has 0 aromatic heterocycles. The van der Waals surface area contributed by atoms with E-state index in [4.69, 9.17) is 5.73 Å². The molecule has 1 aromatic carbocycles. The second kappa shape index (κ2) is 5.33. The quantitative estimate of drug-likeness (QED) is 0.855. The lowest BCUT2D eigenvalue weighted by molar-refractivity contribution is -0.125. The molecule has 1 aromatic rings. The average molecular weight is 260 g/mol. The minimum Gasteiger partial charge on any atom is -0.352 e. The van der Waals surface area contributed by atoms with Gasteiger partial charge in [-0.25, -0.2) is 0 Å². The van der Waals surface area contributed by atoms with E-state index < -0.39 is 6.04 Å². The van der Waals surface area contributed by atoms with Crippen LogP contribution in [-0.2, 0) is 17.6 Å². The minimum absolute atomic E-state index is 0.0307. The van der Waals surface area contributed by atoms with Gasteiger partial charge in [-0.2, -0.15) is 0 Å². The number of hydrogen-bond donors (Lipinski definition) is 2. The van der Waals surface area contributed by atoms with Crippen molar-refractivity contribution in [2.75, 3.05) is 0 Å². The van der Waals surface area contributed by atoms with Gasteiger partial charge >= 0.3 is 0 Å². The molecular formula is C16H24N2O. The monoisotopic (exact) mass is 260 g/mol. The van der Waals surface area contributed by atoms with Gasteiger partial charge in [-0.1, -0.05) is 45.0 Å². The molecule has 0 fully saturated rings. The molecule has 1 amide bonds. The van der Waals surface area contributed by atoms with Gasteiger partial charge in [0.15, 0.2) is 0 Å². The summed E-state index contributed by atoms with van der Waals surface area (Å²) in [6.45, 7) is 5.98. The van der Waals surface area contributed by atoms with Crippen LogP contribution in [0.4, 0.5) is 0 Å². The molecule has 3 heteroatoms. The minimum atomic E-state index is -0.454. The Morgan fingerprint density at radius 2 is 1.95 bits per heavy atom. The van der Waals surface area contributed by atoms with Gasteiger partial charge in [0, 0.05) is 6.04 Å². The number of amides is 1. The Balaban J connectivity index is 1.98. The number of benzene rings is 1. The Morgan fingerprint density at radius 1 is 1.32 bits per heavy atom. The van der Waals surface area contributed by atoms with E-state index in [1.807, 2.05) is 20.8 Å². The fourth-order valence-electron chi connectivity index (χ4n) is 2.51. The third-order valence-corrected chi connectivity index (χ3v) is 3.91. The zero-order chi connectivity index (χ0) is 14.0. The van der Waals surface area contributed by atoms with Gasteiger partial charge in [0.25, 0.3) is 0 Å². The van der Waals surface area contributed by atoms with Crippen LogP contribution in [0.5, 0.6) is 0 Å². The summed E-state index contributed by atoms with van der Waals surface area (Å²) >= 11 is 0. The summed E-state index contributed by atoms with van der Waals surface area (Å²) in [7, 11) is 0. The summed E-state index contributed by atoms with van der Waals surface area (Å²) in [4.78, 5) is 12.1. The third-order valence-electron chi connectivity index (χ3n) is 3.91. The van der Waals surface area contributed by atoms with E-state index in [0.717, 1.165) is 19.3 Å². The molecule has 19 heavy (non-hydrogen) atoms. The SMILES string of the molecule is CC(C)(C)[C@@H](N)C(=O)NC1CCc2ccccc2C1. The van der Waals surface area contributed by atoms with Gasteiger partial charge in [-0.05, 0) is 35.8 Å². The average Bonchev–Trinajstić information content (AvgIpc) is 2.36. The fraction of sp³-hybridized carbons (Fsp3) is 0.562. The highest BCUT2D eigenvalue weighted by molar-refractivity contribution is 5.82. The molecule has 1 aliphatic carbocycles. The van der Waals surface area contributed by atoms with Gasteiger partial charge in [-0.15, -0.1) is 0 Å². The predicted molar refractivity (Wildman–Crippen MR) is 77.8 cm³/mol. The summed E-state index contributed by atoms with van der Waals surface area (Å²) in [5, 5.41) is 3.10. The predicted octanol–water partition coefficient (Wildman–Crippen LogP) is 2.03. The molecule has 0 bridgehead atoms. The summed E-state index contributed by atoms with van der Waals surface area (Å²) in [6.07, 6.45) is 2.95. The van der Waals surface area contributed by atoms with Crippen molar-refractivity contribution in [1.82, 2.24) is 5.32 Å². The molecule has 0 saturated carbocycles. The van der Waals surface area contributed by atoms with E-state index in [-0.39, 0.29) is 17.4 Å². The van der Waals surface area contributed by atoms with E-state index in [9.17, 15) is 4.79 Å². The Morgan fingerprint density at radius 3 is 2.58 bits per heavy atom. The second-order valence-corrected chi connectivity index (χ2v) is 6.56. The Kier molecular flexibility index (Phi) is 3.95. The molecule has 0 aliphatic heterocycles. The molecule has 2 atom stereocenters. The van der Waals surface area contributed by atoms with Crippen molar-refractivity contribution in [3.8, 4) is 0 Å². The highest BCUT2D eigenvalue weighted by Gasteiger charge is 2.29. The molecule has 3 N–H and O–H groups in total. The molecule has 0 heterocycles. The molecule has 0 saturated heterocycles. The van der Waals surface area contributed by atoms with E-state index in [1.54, 1.807) is 0 Å². The van der Waals surface area contributed by atoms with Gasteiger partial charge < -0.3 is 11.1 Å². The van der Waals surface area contributed by atoms with Crippen molar-refractivity contribution in [3.63, 3.8) is 0 Å². The molecule has 104 valence electrons. The largest absolute Gasteiger partial charge is 0.352 e. The number of carbonyl (C=O) groups is 1. The number of carbonyl (C=O) groups excluding carboxylic acids is 1. The summed E-state index contributed by atoms with van der Waals surface area (Å²) in [6, 6.07) is 8.23. The number of nitrogens with one attached hydrogen (secondary N) is 1. The topological polar surface area (TPSA) is 55.1 Å². The van der Waals surface area contributed by atoms with Crippen LogP contribution in [0.15, 0.2) is 24.3 Å². The Labute approximate surface area is 115 Å². The van der Waals surface area contributed by atoms with Crippen LogP contribution < -0.4 is 11.1 Å². The highest BCUT2D eigenvalue weighted by Crippen LogP contribution is 2.22. The molecule has 0 spiro atoms. The standard InChI is InChI=1S/C16H24N2O/c1-16(2,3)14(17)15(19)18-13-9-8-11-6-4-5-7-12(11)10-13/h4-7,13-14H,8-10,17H2,1-3H3,(H,18,19)/t13?,14-/m0/s1. The first-order valence-electron chi connectivity index (χ1n) is 7.00. The molecule has 3 nitrogen and oxygen atoms in total. The van der Waals surface area contributed by atoms with Crippen LogP contribution in [0.3, 0.4) is 0 Å². The van der Waals surface area contributed by atoms with Crippen molar-refractivity contribution >= 4 is 5.91 Å². The van der Waals surface area contributed by atoms with Crippen LogP contribution in [0.1, 0.15) is 38.3 Å². The first kappa shape index (κ1) is 14.1. The van der Waals surface area contributed by atoms with Gasteiger partial charge in [0.2, 0.25) is 5.91 Å². The maximum Gasteiger partial charge on any atom is 0.237 e. The van der Waals surface area contributed by atoms with Gasteiger partial charge in [-0.3, -0.25) is 4.79 Å². The number of aryl methyl sites for hydroxylation is 1. The first-order valence-corrected chi connectivity index (χ1v) is 7.00. The zero-order valence-corrected chi connectivity index (χ0v) is 12.1. The third kappa shape index (κ3) is 3.35. The molecule has 2 rings (SSSR count). The smallest absolute Gasteiger partial charge is 0.237 e. The van der Waals surface area contributed by atoms with Crippen molar-refractivity contribution in [2.24, 2.45) is 11.1 Å². The molecule has 1 unspecified atom stereocenters. The van der Waals surface area contributed by atoms with E-state index in [2.05, 4.69) is 29.6 Å². The number of hydrogen-bond acceptors (Lipinski definition) is 2. The van der Waals surface area contributed by atoms with Crippen LogP contribution >= 0.6 is 0 Å². The van der Waals surface area contributed by atoms with Crippen LogP contribution in [0.2, 0.25) is 0 Å². The highest BCUT2D eigenvalue weighted by atomic mass is 16.2. The van der Waals surface area contributed by atoms with E-state index >= 15 is 0 Å². The lowest BCUT2D eigenvalue weighted by Gasteiger charge is -2.30. The van der Waals surface area contributed by atoms with E-state index in [1.165, 1.54) is 11.1 Å². The van der Waals surface area contributed by atoms with Crippen LogP contribution in [0.25, 0.3) is 0 Å². The van der Waals surface area contributed by atoms with Gasteiger partial charge in [0.05, 0.1) is 6.04 Å². The van der Waals surface area contributed by atoms with Crippen molar-refractivity contribution < 1.29 is 4.79 Å². The number of nitrogens with two attached hydrogens (primary N) is 1. The molecule has 1 aliphatic rings. The molecular weight excluding hydrogens is 236 g/mol. The summed E-state index contributed by atoms with van der Waals surface area (Å²) < 4.78 is 0. The fourth-order valence-corrected chi connectivity index (χ4v) is 2.51. The Hall–Kier alpha value is -1.35. The van der Waals surface area contributed by atoms with Crippen molar-refractivity contribution in [1.29, 1.82) is 0 Å². The van der Waals surface area contributed by atoms with Crippen molar-refractivity contribution in [3.05, 3.63) is 35.4 Å². The lowest BCUT2D eigenvalue weighted by Crippen LogP contribution is -2.52. The number of rotatable bonds is 2. The first-order chi connectivity index (χ1) is 8.88. The molecule has 0 radical (unpaired) electrons. The Bertz CT molecular complexity index is 462. The summed E-state index contributed by atoms with van der Waals surface area (Å²) in [5.74, 6) is -0.0307. The maximum atomic E-state index is 12.1. The maximum absolute atomic E-state index is 12.1. The van der Waals surface area contributed by atoms with Crippen molar-refractivity contribution in [2.45, 2.75) is 52.1 Å². The number of fused-ring (bicyclic) bond motifs is 1. The zero-order valence-electron chi connectivity index (χ0n) is 12.1. The second-order valence-electron chi connectivity index (χ2n) is 6.56. The van der Waals surface area contributed by atoms with E-state index in [0.29, 0.717) is 0 Å². The van der Waals surface area contributed by atoms with Gasteiger partial charge in [0.1, 0.15) is 0 Å². The normalized spacial score (nSPS) is 20.5. The summed E-state index contributed by atoms with van der Waals surface area (Å²) in [5.41, 5.74) is 8.56.